The van der Waals surface area contributed by atoms with Gasteiger partial charge in [-0.25, -0.2) is 4.39 Å². The minimum atomic E-state index is -0.477. The van der Waals surface area contributed by atoms with E-state index in [1.165, 1.54) is 6.26 Å². The van der Waals surface area contributed by atoms with E-state index in [2.05, 4.69) is 0 Å². The Morgan fingerprint density at radius 1 is 1.19 bits per heavy atom. The molecule has 1 aromatic heterocycles. The SMILES string of the molecule is NC1(c2ccc3occc3c2F)CCCC1. The second-order valence-corrected chi connectivity index (χ2v) is 4.62. The van der Waals surface area contributed by atoms with Gasteiger partial charge in [0.15, 0.2) is 0 Å². The van der Waals surface area contributed by atoms with Gasteiger partial charge in [0.1, 0.15) is 11.4 Å². The van der Waals surface area contributed by atoms with Gasteiger partial charge in [0.2, 0.25) is 0 Å². The van der Waals surface area contributed by atoms with Crippen LogP contribution in [0.1, 0.15) is 31.2 Å². The first-order chi connectivity index (χ1) is 7.71. The van der Waals surface area contributed by atoms with E-state index in [-0.39, 0.29) is 5.82 Å². The first kappa shape index (κ1) is 9.85. The number of fused-ring (bicyclic) bond motifs is 1. The standard InChI is InChI=1S/C13H14FNO/c14-12-9-5-8-16-11(9)4-3-10(12)13(15)6-1-2-7-13/h3-5,8H,1-2,6-7,15H2. The molecule has 1 fully saturated rings. The molecule has 84 valence electrons. The van der Waals surface area contributed by atoms with Crippen LogP contribution in [0.5, 0.6) is 0 Å². The highest BCUT2D eigenvalue weighted by Gasteiger charge is 2.34. The minimum Gasteiger partial charge on any atom is -0.464 e. The van der Waals surface area contributed by atoms with Crippen molar-refractivity contribution in [3.05, 3.63) is 35.8 Å². The van der Waals surface area contributed by atoms with Crippen LogP contribution in [0.2, 0.25) is 0 Å². The summed E-state index contributed by atoms with van der Waals surface area (Å²) in [5, 5.41) is 0.536. The summed E-state index contributed by atoms with van der Waals surface area (Å²) in [6.07, 6.45) is 5.41. The van der Waals surface area contributed by atoms with Crippen molar-refractivity contribution in [2.75, 3.05) is 0 Å². The highest BCUT2D eigenvalue weighted by atomic mass is 19.1. The molecule has 0 saturated heterocycles. The van der Waals surface area contributed by atoms with Crippen LogP contribution in [0.4, 0.5) is 4.39 Å². The number of hydrogen-bond donors (Lipinski definition) is 1. The smallest absolute Gasteiger partial charge is 0.139 e. The average Bonchev–Trinajstić information content (AvgIpc) is 2.87. The fraction of sp³-hybridized carbons (Fsp3) is 0.385. The molecule has 1 aliphatic rings. The lowest BCUT2D eigenvalue weighted by Crippen LogP contribution is -2.34. The Labute approximate surface area is 93.2 Å². The normalized spacial score (nSPS) is 19.4. The number of benzene rings is 1. The molecule has 1 saturated carbocycles. The van der Waals surface area contributed by atoms with E-state index in [0.717, 1.165) is 25.7 Å². The third kappa shape index (κ3) is 1.28. The van der Waals surface area contributed by atoms with Gasteiger partial charge >= 0.3 is 0 Å². The van der Waals surface area contributed by atoms with Crippen LogP contribution in [0, 0.1) is 5.82 Å². The van der Waals surface area contributed by atoms with E-state index in [1.807, 2.05) is 0 Å². The van der Waals surface area contributed by atoms with Gasteiger partial charge in [-0.15, -0.1) is 0 Å². The van der Waals surface area contributed by atoms with E-state index in [9.17, 15) is 4.39 Å². The zero-order valence-electron chi connectivity index (χ0n) is 9.00. The van der Waals surface area contributed by atoms with Crippen LogP contribution in [-0.4, -0.2) is 0 Å². The van der Waals surface area contributed by atoms with Crippen LogP contribution in [0.3, 0.4) is 0 Å². The summed E-state index contributed by atoms with van der Waals surface area (Å²) >= 11 is 0. The monoisotopic (exact) mass is 219 g/mol. The number of nitrogens with two attached hydrogens (primary N) is 1. The molecule has 0 aliphatic heterocycles. The summed E-state index contributed by atoms with van der Waals surface area (Å²) in [5.74, 6) is -0.212. The molecule has 0 bridgehead atoms. The van der Waals surface area contributed by atoms with Gasteiger partial charge in [0.05, 0.1) is 11.6 Å². The molecule has 0 radical (unpaired) electrons. The van der Waals surface area contributed by atoms with Crippen molar-refractivity contribution in [2.24, 2.45) is 5.73 Å². The Bertz CT molecular complexity index is 526. The topological polar surface area (TPSA) is 39.2 Å². The Morgan fingerprint density at radius 3 is 2.69 bits per heavy atom. The molecule has 2 aromatic rings. The number of hydrogen-bond acceptors (Lipinski definition) is 2. The van der Waals surface area contributed by atoms with Crippen molar-refractivity contribution < 1.29 is 8.81 Å². The number of rotatable bonds is 1. The zero-order valence-corrected chi connectivity index (χ0v) is 9.00. The van der Waals surface area contributed by atoms with E-state index < -0.39 is 5.54 Å². The Hall–Kier alpha value is -1.35. The Morgan fingerprint density at radius 2 is 1.94 bits per heavy atom. The van der Waals surface area contributed by atoms with Gasteiger partial charge in [0.25, 0.3) is 0 Å². The largest absolute Gasteiger partial charge is 0.464 e. The highest BCUT2D eigenvalue weighted by molar-refractivity contribution is 5.79. The van der Waals surface area contributed by atoms with Gasteiger partial charge < -0.3 is 10.2 Å². The van der Waals surface area contributed by atoms with Gasteiger partial charge in [-0.2, -0.15) is 0 Å². The van der Waals surface area contributed by atoms with E-state index in [4.69, 9.17) is 10.2 Å². The molecule has 3 rings (SSSR count). The summed E-state index contributed by atoms with van der Waals surface area (Å²) in [6.45, 7) is 0. The van der Waals surface area contributed by atoms with Crippen molar-refractivity contribution in [3.8, 4) is 0 Å². The fourth-order valence-corrected chi connectivity index (χ4v) is 2.67. The Balaban J connectivity index is 2.19. The quantitative estimate of drug-likeness (QED) is 0.799. The second-order valence-electron chi connectivity index (χ2n) is 4.62. The summed E-state index contributed by atoms with van der Waals surface area (Å²) in [5.41, 5.74) is 7.02. The van der Waals surface area contributed by atoms with E-state index in [1.54, 1.807) is 18.2 Å². The molecule has 0 atom stereocenters. The summed E-state index contributed by atoms with van der Waals surface area (Å²) in [7, 11) is 0. The fourth-order valence-electron chi connectivity index (χ4n) is 2.67. The maximum Gasteiger partial charge on any atom is 0.139 e. The van der Waals surface area contributed by atoms with Crippen LogP contribution in [0.25, 0.3) is 11.0 Å². The highest BCUT2D eigenvalue weighted by Crippen LogP contribution is 2.39. The summed E-state index contributed by atoms with van der Waals surface area (Å²) in [4.78, 5) is 0. The molecule has 2 N–H and O–H groups in total. The average molecular weight is 219 g/mol. The van der Waals surface area contributed by atoms with Gasteiger partial charge in [-0.3, -0.25) is 0 Å². The lowest BCUT2D eigenvalue weighted by Gasteiger charge is -2.24. The van der Waals surface area contributed by atoms with Crippen molar-refractivity contribution >= 4 is 11.0 Å². The molecular weight excluding hydrogens is 205 g/mol. The van der Waals surface area contributed by atoms with Crippen LogP contribution in [0.15, 0.2) is 28.9 Å². The van der Waals surface area contributed by atoms with Gasteiger partial charge in [0, 0.05) is 11.1 Å². The minimum absolute atomic E-state index is 0.212. The summed E-state index contributed by atoms with van der Waals surface area (Å²) < 4.78 is 19.4. The molecule has 1 aromatic carbocycles. The predicted octanol–water partition coefficient (Wildman–Crippen LogP) is 3.30. The maximum atomic E-state index is 14.3. The predicted molar refractivity (Wildman–Crippen MR) is 60.5 cm³/mol. The lowest BCUT2D eigenvalue weighted by molar-refractivity contribution is 0.435. The van der Waals surface area contributed by atoms with Crippen LogP contribution < -0.4 is 5.73 Å². The van der Waals surface area contributed by atoms with Crippen molar-refractivity contribution in [3.63, 3.8) is 0 Å². The lowest BCUT2D eigenvalue weighted by atomic mass is 9.88. The van der Waals surface area contributed by atoms with Crippen molar-refractivity contribution in [2.45, 2.75) is 31.2 Å². The van der Waals surface area contributed by atoms with Crippen molar-refractivity contribution in [1.29, 1.82) is 0 Å². The van der Waals surface area contributed by atoms with Gasteiger partial charge in [-0.05, 0) is 25.0 Å². The molecule has 0 unspecified atom stereocenters. The number of furan rings is 1. The molecule has 2 nitrogen and oxygen atoms in total. The molecule has 1 aliphatic carbocycles. The zero-order chi connectivity index (χ0) is 11.2. The molecule has 0 spiro atoms. The number of halogens is 1. The third-order valence-electron chi connectivity index (χ3n) is 3.60. The molecule has 3 heteroatoms. The Kier molecular flexibility index (Phi) is 2.04. The first-order valence-corrected chi connectivity index (χ1v) is 5.66. The van der Waals surface area contributed by atoms with Crippen LogP contribution in [-0.2, 0) is 5.54 Å². The third-order valence-corrected chi connectivity index (χ3v) is 3.60. The van der Waals surface area contributed by atoms with E-state index >= 15 is 0 Å². The first-order valence-electron chi connectivity index (χ1n) is 5.66. The maximum absolute atomic E-state index is 14.3. The second kappa shape index (κ2) is 3.32. The van der Waals surface area contributed by atoms with Crippen molar-refractivity contribution in [1.82, 2.24) is 0 Å². The molecule has 16 heavy (non-hydrogen) atoms. The molecule has 0 amide bonds. The van der Waals surface area contributed by atoms with Gasteiger partial charge in [-0.1, -0.05) is 18.9 Å². The van der Waals surface area contributed by atoms with E-state index in [0.29, 0.717) is 16.5 Å². The molecular formula is C13H14FNO. The van der Waals surface area contributed by atoms with Crippen LogP contribution >= 0.6 is 0 Å². The summed E-state index contributed by atoms with van der Waals surface area (Å²) in [6, 6.07) is 5.24. The molecule has 1 heterocycles.